The maximum Gasteiger partial charge on any atom is 0.506 e. The van der Waals surface area contributed by atoms with Gasteiger partial charge in [0, 0.05) is 44.8 Å². The van der Waals surface area contributed by atoms with Crippen LogP contribution in [0.5, 0.6) is 0 Å². The molecule has 1 aliphatic heterocycles. The van der Waals surface area contributed by atoms with E-state index in [9.17, 15) is 33.6 Å². The first kappa shape index (κ1) is 73.2. The van der Waals surface area contributed by atoms with Gasteiger partial charge in [-0.15, -0.1) is 0 Å². The van der Waals surface area contributed by atoms with E-state index in [1.54, 1.807) is 33.1 Å². The van der Waals surface area contributed by atoms with Gasteiger partial charge in [-0.3, -0.25) is 28.9 Å². The topological polar surface area (TPSA) is 374 Å². The Morgan fingerprint density at radius 3 is 1.70 bits per heavy atom. The first-order valence-corrected chi connectivity index (χ1v) is 26.4. The fourth-order valence-electron chi connectivity index (χ4n) is 6.25. The Labute approximate surface area is 464 Å². The van der Waals surface area contributed by atoms with Gasteiger partial charge in [-0.25, -0.2) is 15.4 Å². The molecule has 28 nitrogen and oxygen atoms in total. The summed E-state index contributed by atoms with van der Waals surface area (Å²) in [6.07, 6.45) is 1.25. The molecule has 1 saturated heterocycles. The Kier molecular flexibility index (Phi) is 45.7. The van der Waals surface area contributed by atoms with Crippen LogP contribution in [-0.4, -0.2) is 215 Å². The third-order valence-corrected chi connectivity index (χ3v) is 10.2. The molecule has 1 aliphatic rings. The summed E-state index contributed by atoms with van der Waals surface area (Å²) in [6.45, 7) is 16.6. The van der Waals surface area contributed by atoms with Gasteiger partial charge < -0.3 is 95.0 Å². The molecule has 0 spiro atoms. The number of likely N-dealkylation sites (tertiary alicyclic amines) is 1. The first-order chi connectivity index (χ1) is 38.1. The van der Waals surface area contributed by atoms with Crippen LogP contribution in [0.1, 0.15) is 71.4 Å². The number of nitrogens with zero attached hydrogens (tertiary/aromatic N) is 2. The van der Waals surface area contributed by atoms with E-state index in [0.29, 0.717) is 135 Å². The highest BCUT2D eigenvalue weighted by Gasteiger charge is 2.28. The average Bonchev–Trinajstić information content (AvgIpc) is 3.75. The van der Waals surface area contributed by atoms with Gasteiger partial charge in [0.25, 0.3) is 0 Å². The van der Waals surface area contributed by atoms with Crippen molar-refractivity contribution in [3.63, 3.8) is 0 Å². The predicted molar refractivity (Wildman–Crippen MR) is 289 cm³/mol. The summed E-state index contributed by atoms with van der Waals surface area (Å²) >= 11 is 0. The number of nitrogens with one attached hydrogen (secondary N) is 4. The van der Waals surface area contributed by atoms with E-state index in [0.717, 1.165) is 11.3 Å². The maximum absolute atomic E-state index is 13.0. The van der Waals surface area contributed by atoms with Gasteiger partial charge >= 0.3 is 12.2 Å². The van der Waals surface area contributed by atoms with Crippen LogP contribution in [0.4, 0.5) is 15.3 Å². The van der Waals surface area contributed by atoms with Crippen LogP contribution in [0.25, 0.3) is 0 Å². The van der Waals surface area contributed by atoms with Crippen LogP contribution in [0.3, 0.4) is 0 Å². The number of imide groups is 1. The summed E-state index contributed by atoms with van der Waals surface area (Å²) in [5, 5.41) is 20.7. The Bertz CT molecular complexity index is 1850. The standard InChI is InChI=1S/C45H75N7O18.C4H10N2O.C2H6/c1-34(2)43(50-39(53)8-11-61-13-10-52-41(55)6-7-42(52)56)44(57)48-29-40(54)49-38-5-4-35(32-70-45(58)59)36(28-38)31-69-33-37(46)30-51(47)9-12-62-16-17-64-20-21-66-24-25-68-27-26-67-23-22-65-19-18-63-15-14-60-3;1-2-3-6-4(5)7;1-2/h4-5,28,30,34,43H,6-27,29,31-33,46-47H2,1-3H3,(H,48,57)(H,49,54)(H,50,53)(H,58,59);2-3H2,1H3,(H3,5,6,7);1-2H3/b37-30-;;. The van der Waals surface area contributed by atoms with Crippen molar-refractivity contribution >= 4 is 47.4 Å². The fourth-order valence-corrected chi connectivity index (χ4v) is 6.25. The highest BCUT2D eigenvalue weighted by atomic mass is 16.7. The SMILES string of the molecule is CC.CCCNC(N)=O.COCCOCCOCCOCCOCCOCCOCCOCCN(N)/C=C(\N)COCc1cc(NC(=O)CNC(=O)C(NC(=O)CCOCCN2C(=O)CCC2=O)C(C)C)ccc1COC(=O)O. The number of hydrazine groups is 1. The maximum atomic E-state index is 13.0. The van der Waals surface area contributed by atoms with Gasteiger partial charge in [-0.05, 0) is 35.6 Å². The molecule has 0 bridgehead atoms. The molecule has 1 unspecified atom stereocenters. The number of ether oxygens (including phenoxy) is 11. The van der Waals surface area contributed by atoms with Crippen LogP contribution in [0, 0.1) is 5.92 Å². The number of hydrogen-bond acceptors (Lipinski definition) is 21. The van der Waals surface area contributed by atoms with E-state index in [2.05, 4.69) is 21.3 Å². The highest BCUT2D eigenvalue weighted by molar-refractivity contribution is 6.02. The molecule has 1 fully saturated rings. The zero-order chi connectivity index (χ0) is 58.9. The van der Waals surface area contributed by atoms with Gasteiger partial charge in [0.1, 0.15) is 12.6 Å². The number of methoxy groups -OCH3 is 1. The van der Waals surface area contributed by atoms with E-state index in [-0.39, 0.29) is 76.6 Å². The molecule has 11 N–H and O–H groups in total. The van der Waals surface area contributed by atoms with Crippen molar-refractivity contribution in [2.75, 3.05) is 158 Å². The molecular formula is C51H91N9O19. The molecule has 0 saturated carbocycles. The number of urea groups is 1. The number of benzene rings is 1. The number of carbonyl (C=O) groups excluding carboxylic acids is 6. The Hall–Kier alpha value is -5.79. The second kappa shape index (κ2) is 49.3. The normalized spacial score (nSPS) is 12.5. The summed E-state index contributed by atoms with van der Waals surface area (Å²) in [4.78, 5) is 84.0. The summed E-state index contributed by atoms with van der Waals surface area (Å²) in [7, 11) is 1.63. The molecule has 1 aromatic carbocycles. The van der Waals surface area contributed by atoms with E-state index in [1.165, 1.54) is 17.3 Å². The van der Waals surface area contributed by atoms with E-state index < -0.39 is 42.5 Å². The molecule has 2 rings (SSSR count). The number of carbonyl (C=O) groups is 7. The minimum Gasteiger partial charge on any atom is -0.450 e. The van der Waals surface area contributed by atoms with Gasteiger partial charge in [-0.1, -0.05) is 40.7 Å². The smallest absolute Gasteiger partial charge is 0.450 e. The Balaban J connectivity index is 0.00000623. The van der Waals surface area contributed by atoms with Crippen molar-refractivity contribution in [1.29, 1.82) is 0 Å². The molecule has 0 aliphatic carbocycles. The van der Waals surface area contributed by atoms with Gasteiger partial charge in [0.2, 0.25) is 29.5 Å². The number of anilines is 1. The molecule has 1 heterocycles. The third-order valence-electron chi connectivity index (χ3n) is 10.2. The molecule has 28 heteroatoms. The largest absolute Gasteiger partial charge is 0.506 e. The first-order valence-electron chi connectivity index (χ1n) is 26.4. The van der Waals surface area contributed by atoms with Crippen molar-refractivity contribution in [3.05, 3.63) is 41.2 Å². The second-order valence-electron chi connectivity index (χ2n) is 16.9. The monoisotopic (exact) mass is 1130 g/mol. The number of nitrogens with two attached hydrogens (primary N) is 3. The number of hydrogen-bond donors (Lipinski definition) is 8. The number of amides is 7. The van der Waals surface area contributed by atoms with Gasteiger partial charge in [0.15, 0.2) is 0 Å². The Morgan fingerprint density at radius 1 is 0.696 bits per heavy atom. The second-order valence-corrected chi connectivity index (χ2v) is 16.9. The predicted octanol–water partition coefficient (Wildman–Crippen LogP) is 0.978. The van der Waals surface area contributed by atoms with Crippen LogP contribution >= 0.6 is 0 Å². The van der Waals surface area contributed by atoms with Crippen molar-refractivity contribution in [2.45, 2.75) is 79.6 Å². The lowest BCUT2D eigenvalue weighted by atomic mass is 10.0. The van der Waals surface area contributed by atoms with E-state index in [4.69, 9.17) is 74.5 Å². The lowest BCUT2D eigenvalue weighted by Gasteiger charge is -2.22. The molecule has 0 aromatic heterocycles. The lowest BCUT2D eigenvalue weighted by Crippen LogP contribution is -2.51. The minimum atomic E-state index is -1.47. The average molecular weight is 1130 g/mol. The lowest BCUT2D eigenvalue weighted by molar-refractivity contribution is -0.139. The van der Waals surface area contributed by atoms with E-state index >= 15 is 0 Å². The number of carboxylic acid groups (broad SMARTS) is 1. The quantitative estimate of drug-likeness (QED) is 0.0148. The zero-order valence-corrected chi connectivity index (χ0v) is 47.2. The van der Waals surface area contributed by atoms with Crippen molar-refractivity contribution in [2.24, 2.45) is 23.2 Å². The highest BCUT2D eigenvalue weighted by Crippen LogP contribution is 2.19. The van der Waals surface area contributed by atoms with Gasteiger partial charge in [-0.2, -0.15) is 0 Å². The van der Waals surface area contributed by atoms with Gasteiger partial charge in [0.05, 0.1) is 151 Å². The number of rotatable bonds is 45. The summed E-state index contributed by atoms with van der Waals surface area (Å²) in [5.74, 6) is 3.61. The van der Waals surface area contributed by atoms with Crippen LogP contribution < -0.4 is 38.6 Å². The van der Waals surface area contributed by atoms with E-state index in [1.807, 2.05) is 20.8 Å². The van der Waals surface area contributed by atoms with Crippen LogP contribution in [-0.2, 0) is 89.3 Å². The molecule has 1 atom stereocenters. The van der Waals surface area contributed by atoms with Crippen molar-refractivity contribution in [1.82, 2.24) is 25.9 Å². The third kappa shape index (κ3) is 41.0. The van der Waals surface area contributed by atoms with Crippen molar-refractivity contribution in [3.8, 4) is 0 Å². The summed E-state index contributed by atoms with van der Waals surface area (Å²) in [5.41, 5.74) is 12.4. The van der Waals surface area contributed by atoms with Crippen molar-refractivity contribution < 1.29 is 90.8 Å². The van der Waals surface area contributed by atoms with Crippen LogP contribution in [0.15, 0.2) is 30.1 Å². The molecule has 79 heavy (non-hydrogen) atoms. The number of primary amides is 1. The zero-order valence-electron chi connectivity index (χ0n) is 47.2. The minimum absolute atomic E-state index is 0.0116. The molecule has 7 amide bonds. The Morgan fingerprint density at radius 2 is 1.22 bits per heavy atom. The molecule has 454 valence electrons. The fraction of sp³-hybridized carbons (Fsp3) is 0.706. The molecular weight excluding hydrogens is 1040 g/mol. The summed E-state index contributed by atoms with van der Waals surface area (Å²) in [6, 6.07) is 3.29. The molecule has 0 radical (unpaired) electrons. The molecule has 1 aromatic rings. The summed E-state index contributed by atoms with van der Waals surface area (Å²) < 4.78 is 59.0. The van der Waals surface area contributed by atoms with Crippen LogP contribution in [0.2, 0.25) is 0 Å².